The lowest BCUT2D eigenvalue weighted by Gasteiger charge is -2.30. The lowest BCUT2D eigenvalue weighted by atomic mass is 9.90. The van der Waals surface area contributed by atoms with Gasteiger partial charge in [-0.25, -0.2) is 0 Å². The van der Waals surface area contributed by atoms with E-state index in [1.165, 1.54) is 11.0 Å². The number of benzene rings is 2. The number of aromatic amines is 1. The van der Waals surface area contributed by atoms with E-state index in [2.05, 4.69) is 4.98 Å². The SMILES string of the molecule is CC1c2c(ccc3[nH]c(=O)cc(Cl)c23)N(CC(F)(F)F)C1c1ccc(Cl)cc1. The summed E-state index contributed by atoms with van der Waals surface area (Å²) in [6.45, 7) is 0.777. The van der Waals surface area contributed by atoms with Crippen LogP contribution in [0.25, 0.3) is 10.9 Å². The van der Waals surface area contributed by atoms with Crippen LogP contribution >= 0.6 is 23.2 Å². The first-order valence-electron chi connectivity index (χ1n) is 8.60. The molecule has 1 aliphatic heterocycles. The van der Waals surface area contributed by atoms with Gasteiger partial charge in [0.15, 0.2) is 0 Å². The first-order valence-corrected chi connectivity index (χ1v) is 9.35. The van der Waals surface area contributed by atoms with Crippen LogP contribution in [-0.4, -0.2) is 17.7 Å². The molecule has 1 N–H and O–H groups in total. The van der Waals surface area contributed by atoms with Gasteiger partial charge in [-0.1, -0.05) is 42.3 Å². The third-order valence-corrected chi connectivity index (χ3v) is 5.66. The fourth-order valence-electron chi connectivity index (χ4n) is 4.12. The summed E-state index contributed by atoms with van der Waals surface area (Å²) in [7, 11) is 0. The van der Waals surface area contributed by atoms with E-state index in [9.17, 15) is 18.0 Å². The van der Waals surface area contributed by atoms with Crippen molar-refractivity contribution in [1.82, 2.24) is 4.98 Å². The van der Waals surface area contributed by atoms with E-state index >= 15 is 0 Å². The lowest BCUT2D eigenvalue weighted by molar-refractivity contribution is -0.120. The number of pyridine rings is 1. The van der Waals surface area contributed by atoms with E-state index in [1.54, 1.807) is 36.4 Å². The van der Waals surface area contributed by atoms with Crippen molar-refractivity contribution >= 4 is 39.8 Å². The summed E-state index contributed by atoms with van der Waals surface area (Å²) in [6, 6.07) is 10.7. The average molecular weight is 427 g/mol. The number of rotatable bonds is 2. The zero-order valence-electron chi connectivity index (χ0n) is 14.6. The van der Waals surface area contributed by atoms with Crippen LogP contribution in [0.5, 0.6) is 0 Å². The Morgan fingerprint density at radius 1 is 1.11 bits per heavy atom. The molecule has 2 aromatic carbocycles. The van der Waals surface area contributed by atoms with Gasteiger partial charge in [0.2, 0.25) is 5.56 Å². The van der Waals surface area contributed by atoms with Crippen LogP contribution in [0.2, 0.25) is 10.0 Å². The molecule has 3 aromatic rings. The van der Waals surface area contributed by atoms with Gasteiger partial charge in [-0.05, 0) is 35.4 Å². The second-order valence-corrected chi connectivity index (χ2v) is 7.77. The first kappa shape index (κ1) is 19.2. The number of hydrogen-bond acceptors (Lipinski definition) is 2. The van der Waals surface area contributed by atoms with Gasteiger partial charge in [-0.2, -0.15) is 13.2 Å². The molecule has 28 heavy (non-hydrogen) atoms. The molecule has 0 aliphatic carbocycles. The molecular formula is C20H15Cl2F3N2O. The Hall–Kier alpha value is -2.18. The molecule has 3 nitrogen and oxygen atoms in total. The maximum Gasteiger partial charge on any atom is 0.405 e. The van der Waals surface area contributed by atoms with Crippen LogP contribution in [0.3, 0.4) is 0 Å². The third kappa shape index (κ3) is 3.25. The number of alkyl halides is 3. The second kappa shape index (κ2) is 6.71. The van der Waals surface area contributed by atoms with Gasteiger partial charge in [-0.3, -0.25) is 4.79 Å². The summed E-state index contributed by atoms with van der Waals surface area (Å²) in [5, 5.41) is 1.32. The minimum atomic E-state index is -4.38. The molecule has 1 aliphatic rings. The summed E-state index contributed by atoms with van der Waals surface area (Å²) in [5.41, 5.74) is 2.04. The van der Waals surface area contributed by atoms with E-state index in [1.807, 2.05) is 6.92 Å². The molecular weight excluding hydrogens is 412 g/mol. The van der Waals surface area contributed by atoms with Crippen molar-refractivity contribution in [3.63, 3.8) is 0 Å². The number of fused-ring (bicyclic) bond motifs is 3. The average Bonchev–Trinajstić information content (AvgIpc) is 2.86. The molecule has 2 unspecified atom stereocenters. The maximum absolute atomic E-state index is 13.4. The molecule has 0 saturated carbocycles. The molecule has 0 bridgehead atoms. The van der Waals surface area contributed by atoms with Crippen molar-refractivity contribution in [1.29, 1.82) is 0 Å². The highest BCUT2D eigenvalue weighted by Crippen LogP contribution is 2.52. The van der Waals surface area contributed by atoms with Gasteiger partial charge in [-0.15, -0.1) is 0 Å². The highest BCUT2D eigenvalue weighted by molar-refractivity contribution is 6.35. The number of hydrogen-bond donors (Lipinski definition) is 1. The molecule has 2 atom stereocenters. The highest BCUT2D eigenvalue weighted by atomic mass is 35.5. The summed E-state index contributed by atoms with van der Waals surface area (Å²) >= 11 is 12.3. The Morgan fingerprint density at radius 2 is 1.79 bits per heavy atom. The van der Waals surface area contributed by atoms with Crippen LogP contribution in [-0.2, 0) is 0 Å². The summed E-state index contributed by atoms with van der Waals surface area (Å²) in [6.07, 6.45) is -4.38. The molecule has 0 saturated heterocycles. The number of nitrogens with zero attached hydrogens (tertiary/aromatic N) is 1. The van der Waals surface area contributed by atoms with E-state index in [0.717, 1.165) is 5.56 Å². The second-order valence-electron chi connectivity index (χ2n) is 6.93. The predicted molar refractivity (Wildman–Crippen MR) is 106 cm³/mol. The number of H-pyrrole nitrogens is 1. The molecule has 0 spiro atoms. The molecule has 0 radical (unpaired) electrons. The zero-order chi connectivity index (χ0) is 20.2. The van der Waals surface area contributed by atoms with Crippen LogP contribution in [0, 0.1) is 0 Å². The molecule has 146 valence electrons. The molecule has 4 rings (SSSR count). The van der Waals surface area contributed by atoms with Crippen LogP contribution < -0.4 is 10.5 Å². The van der Waals surface area contributed by atoms with E-state index in [0.29, 0.717) is 27.2 Å². The van der Waals surface area contributed by atoms with Crippen LogP contribution in [0.1, 0.15) is 30.0 Å². The maximum atomic E-state index is 13.4. The third-order valence-electron chi connectivity index (χ3n) is 5.11. The molecule has 0 fully saturated rings. The van der Waals surface area contributed by atoms with Crippen molar-refractivity contribution in [2.24, 2.45) is 0 Å². The molecule has 2 heterocycles. The van der Waals surface area contributed by atoms with Crippen molar-refractivity contribution in [3.05, 3.63) is 74.0 Å². The van der Waals surface area contributed by atoms with Crippen molar-refractivity contribution < 1.29 is 13.2 Å². The van der Waals surface area contributed by atoms with Crippen molar-refractivity contribution in [2.45, 2.75) is 25.1 Å². The highest BCUT2D eigenvalue weighted by Gasteiger charge is 2.43. The Labute approximate surface area is 168 Å². The van der Waals surface area contributed by atoms with E-state index in [-0.39, 0.29) is 16.5 Å². The minimum absolute atomic E-state index is 0.228. The van der Waals surface area contributed by atoms with Gasteiger partial charge < -0.3 is 9.88 Å². The molecule has 0 amide bonds. The minimum Gasteiger partial charge on any atom is -0.355 e. The Kier molecular flexibility index (Phi) is 4.59. The largest absolute Gasteiger partial charge is 0.405 e. The summed E-state index contributed by atoms with van der Waals surface area (Å²) in [4.78, 5) is 15.8. The number of anilines is 1. The number of nitrogens with one attached hydrogen (secondary N) is 1. The van der Waals surface area contributed by atoms with E-state index in [4.69, 9.17) is 23.2 Å². The topological polar surface area (TPSA) is 36.1 Å². The molecule has 1 aromatic heterocycles. The summed E-state index contributed by atoms with van der Waals surface area (Å²) in [5.74, 6) is -0.286. The van der Waals surface area contributed by atoms with Crippen molar-refractivity contribution in [3.8, 4) is 0 Å². The van der Waals surface area contributed by atoms with Crippen LogP contribution in [0.15, 0.2) is 47.3 Å². The van der Waals surface area contributed by atoms with Gasteiger partial charge >= 0.3 is 6.18 Å². The van der Waals surface area contributed by atoms with Crippen LogP contribution in [0.4, 0.5) is 18.9 Å². The van der Waals surface area contributed by atoms with E-state index < -0.39 is 18.8 Å². The smallest absolute Gasteiger partial charge is 0.355 e. The normalized spacial score (nSPS) is 19.3. The van der Waals surface area contributed by atoms with Crippen molar-refractivity contribution in [2.75, 3.05) is 11.4 Å². The first-order chi connectivity index (χ1) is 13.2. The fourth-order valence-corrected chi connectivity index (χ4v) is 4.55. The van der Waals surface area contributed by atoms with Gasteiger partial charge in [0.1, 0.15) is 6.54 Å². The number of halogens is 5. The Morgan fingerprint density at radius 3 is 2.43 bits per heavy atom. The predicted octanol–water partition coefficient (Wildman–Crippen LogP) is 6.06. The molecule has 8 heteroatoms. The zero-order valence-corrected chi connectivity index (χ0v) is 16.2. The lowest BCUT2D eigenvalue weighted by Crippen LogP contribution is -2.35. The van der Waals surface area contributed by atoms with Gasteiger partial charge in [0, 0.05) is 28.1 Å². The monoisotopic (exact) mass is 426 g/mol. The Bertz CT molecular complexity index is 1110. The Balaban J connectivity index is 1.96. The number of aromatic nitrogens is 1. The van der Waals surface area contributed by atoms with Gasteiger partial charge in [0.25, 0.3) is 0 Å². The van der Waals surface area contributed by atoms with Gasteiger partial charge in [0.05, 0.1) is 16.6 Å². The standard InChI is InChI=1S/C20H15Cl2F3N2O/c1-10-17-15(7-6-14-18(17)13(22)8-16(28)26-14)27(9-20(23,24)25)19(10)11-2-4-12(21)5-3-11/h2-8,10,19H,9H2,1H3,(H,26,28). The fraction of sp³-hybridized carbons (Fsp3) is 0.250. The summed E-state index contributed by atoms with van der Waals surface area (Å²) < 4.78 is 40.2. The quantitative estimate of drug-likeness (QED) is 0.540.